The molecule has 1 heterocycles. The summed E-state index contributed by atoms with van der Waals surface area (Å²) in [4.78, 5) is 24.5. The summed E-state index contributed by atoms with van der Waals surface area (Å²) in [6, 6.07) is 2.88. The van der Waals surface area contributed by atoms with Gasteiger partial charge in [-0.15, -0.1) is 0 Å². The van der Waals surface area contributed by atoms with Crippen molar-refractivity contribution in [3.8, 4) is 6.07 Å². The van der Waals surface area contributed by atoms with Gasteiger partial charge in [-0.2, -0.15) is 5.26 Å². The van der Waals surface area contributed by atoms with Crippen molar-refractivity contribution in [2.24, 2.45) is 0 Å². The van der Waals surface area contributed by atoms with Crippen LogP contribution in [0.4, 0.5) is 10.1 Å². The van der Waals surface area contributed by atoms with Gasteiger partial charge in [0.1, 0.15) is 17.3 Å². The van der Waals surface area contributed by atoms with Crippen LogP contribution in [0.15, 0.2) is 22.3 Å². The van der Waals surface area contributed by atoms with Crippen LogP contribution in [-0.2, 0) is 9.59 Å². The number of nitrogens with zero attached hydrogens (tertiary/aromatic N) is 2. The smallest absolute Gasteiger partial charge is 0.277 e. The lowest BCUT2D eigenvalue weighted by Crippen LogP contribution is -2.34. The summed E-state index contributed by atoms with van der Waals surface area (Å²) in [5.74, 6) is -2.14. The SMILES string of the molecule is N#Cc1c(F)c(Br)cc(Cl)c1NC1=CC(=O)N(CCO)C1=O. The number of nitrogens with one attached hydrogen (secondary N) is 1. The number of aliphatic hydroxyl groups excluding tert-OH is 1. The molecule has 0 saturated carbocycles. The number of halogens is 3. The lowest BCUT2D eigenvalue weighted by molar-refractivity contribution is -0.137. The molecule has 9 heteroatoms. The number of carbonyl (C=O) groups excluding carboxylic acids is 2. The third-order valence-corrected chi connectivity index (χ3v) is 3.75. The predicted octanol–water partition coefficient (Wildman–Crippen LogP) is 1.77. The largest absolute Gasteiger partial charge is 0.395 e. The molecule has 6 nitrogen and oxygen atoms in total. The first-order chi connectivity index (χ1) is 10.4. The highest BCUT2D eigenvalue weighted by atomic mass is 79.9. The van der Waals surface area contributed by atoms with Crippen LogP contribution in [0.25, 0.3) is 0 Å². The summed E-state index contributed by atoms with van der Waals surface area (Å²) in [6.07, 6.45) is 0.995. The Bertz CT molecular complexity index is 745. The van der Waals surface area contributed by atoms with E-state index in [4.69, 9.17) is 22.0 Å². The minimum atomic E-state index is -0.834. The molecule has 0 spiro atoms. The van der Waals surface area contributed by atoms with E-state index in [9.17, 15) is 14.0 Å². The lowest BCUT2D eigenvalue weighted by atomic mass is 10.1. The molecule has 2 rings (SSSR count). The van der Waals surface area contributed by atoms with Gasteiger partial charge in [-0.25, -0.2) is 4.39 Å². The van der Waals surface area contributed by atoms with Crippen molar-refractivity contribution < 1.29 is 19.1 Å². The van der Waals surface area contributed by atoms with Crippen LogP contribution in [0.1, 0.15) is 5.56 Å². The van der Waals surface area contributed by atoms with E-state index in [0.29, 0.717) is 0 Å². The van der Waals surface area contributed by atoms with Gasteiger partial charge in [0.15, 0.2) is 5.82 Å². The Morgan fingerprint density at radius 2 is 2.18 bits per heavy atom. The predicted molar refractivity (Wildman–Crippen MR) is 79.3 cm³/mol. The molecular weight excluding hydrogens is 381 g/mol. The van der Waals surface area contributed by atoms with Gasteiger partial charge in [-0.3, -0.25) is 14.5 Å². The molecule has 0 aliphatic carbocycles. The first-order valence-electron chi connectivity index (χ1n) is 5.93. The quantitative estimate of drug-likeness (QED) is 0.606. The Morgan fingerprint density at radius 3 is 2.77 bits per heavy atom. The van der Waals surface area contributed by atoms with Crippen LogP contribution in [-0.4, -0.2) is 35.0 Å². The summed E-state index contributed by atoms with van der Waals surface area (Å²) < 4.78 is 13.9. The number of aliphatic hydroxyl groups is 1. The second-order valence-electron chi connectivity index (χ2n) is 4.22. The lowest BCUT2D eigenvalue weighted by Gasteiger charge is -2.15. The van der Waals surface area contributed by atoms with E-state index in [2.05, 4.69) is 21.2 Å². The first-order valence-corrected chi connectivity index (χ1v) is 7.10. The minimum Gasteiger partial charge on any atom is -0.395 e. The number of β-amino-alcohol motifs (C(OH)–C–C–N with tert-alkyl or cyclic N) is 1. The van der Waals surface area contributed by atoms with Crippen molar-refractivity contribution >= 4 is 45.0 Å². The molecule has 1 aliphatic heterocycles. The molecule has 1 aromatic rings. The van der Waals surface area contributed by atoms with Crippen LogP contribution < -0.4 is 5.32 Å². The number of rotatable bonds is 4. The maximum Gasteiger partial charge on any atom is 0.277 e. The number of hydrogen-bond donors (Lipinski definition) is 2. The minimum absolute atomic E-state index is 0.00399. The van der Waals surface area contributed by atoms with Crippen LogP contribution in [0, 0.1) is 17.1 Å². The van der Waals surface area contributed by atoms with Gasteiger partial charge in [0, 0.05) is 6.08 Å². The van der Waals surface area contributed by atoms with E-state index >= 15 is 0 Å². The average molecular weight is 389 g/mol. The van der Waals surface area contributed by atoms with Gasteiger partial charge in [0.05, 0.1) is 28.3 Å². The van der Waals surface area contributed by atoms with E-state index < -0.39 is 17.6 Å². The number of hydrogen-bond acceptors (Lipinski definition) is 5. The Morgan fingerprint density at radius 1 is 1.50 bits per heavy atom. The summed E-state index contributed by atoms with van der Waals surface area (Å²) in [6.45, 7) is -0.539. The second kappa shape index (κ2) is 6.44. The van der Waals surface area contributed by atoms with E-state index in [1.165, 1.54) is 6.07 Å². The zero-order valence-corrected chi connectivity index (χ0v) is 13.2. The van der Waals surface area contributed by atoms with Gasteiger partial charge in [-0.1, -0.05) is 11.6 Å². The number of amides is 2. The Labute approximate surface area is 137 Å². The fourth-order valence-corrected chi connectivity index (χ4v) is 2.68. The molecule has 1 aromatic carbocycles. The van der Waals surface area contributed by atoms with E-state index in [0.717, 1.165) is 11.0 Å². The van der Waals surface area contributed by atoms with Crippen molar-refractivity contribution in [1.82, 2.24) is 4.90 Å². The van der Waals surface area contributed by atoms with E-state index in [-0.39, 0.29) is 39.6 Å². The third-order valence-electron chi connectivity index (χ3n) is 2.88. The van der Waals surface area contributed by atoms with E-state index in [1.807, 2.05) is 0 Å². The van der Waals surface area contributed by atoms with Crippen molar-refractivity contribution in [3.63, 3.8) is 0 Å². The normalized spacial score (nSPS) is 14.1. The maximum atomic E-state index is 13.9. The molecule has 114 valence electrons. The second-order valence-corrected chi connectivity index (χ2v) is 5.48. The van der Waals surface area contributed by atoms with Crippen LogP contribution >= 0.6 is 27.5 Å². The Kier molecular flexibility index (Phi) is 4.81. The van der Waals surface area contributed by atoms with Crippen LogP contribution in [0.3, 0.4) is 0 Å². The van der Waals surface area contributed by atoms with Crippen LogP contribution in [0.2, 0.25) is 5.02 Å². The summed E-state index contributed by atoms with van der Waals surface area (Å²) in [5.41, 5.74) is -0.650. The van der Waals surface area contributed by atoms with E-state index in [1.54, 1.807) is 6.07 Å². The first kappa shape index (κ1) is 16.4. The van der Waals surface area contributed by atoms with Crippen molar-refractivity contribution in [2.75, 3.05) is 18.5 Å². The number of carbonyl (C=O) groups is 2. The maximum absolute atomic E-state index is 13.9. The number of benzene rings is 1. The molecule has 0 aromatic heterocycles. The molecule has 0 radical (unpaired) electrons. The zero-order chi connectivity index (χ0) is 16.4. The van der Waals surface area contributed by atoms with Gasteiger partial charge in [0.25, 0.3) is 11.8 Å². The molecule has 1 aliphatic rings. The molecule has 2 amide bonds. The molecule has 0 bridgehead atoms. The van der Waals surface area contributed by atoms with Crippen molar-refractivity contribution in [2.45, 2.75) is 0 Å². The fourth-order valence-electron chi connectivity index (χ4n) is 1.87. The standard InChI is InChI=1S/C13H8BrClFN3O3/c14-7-3-8(15)12(6(5-17)11(7)16)18-9-4-10(21)19(1-2-20)13(9)22/h3-4,18,20H,1-2H2. The van der Waals surface area contributed by atoms with Gasteiger partial charge in [0.2, 0.25) is 0 Å². The molecule has 22 heavy (non-hydrogen) atoms. The summed E-state index contributed by atoms with van der Waals surface area (Å²) in [7, 11) is 0. The fraction of sp³-hybridized carbons (Fsp3) is 0.154. The topological polar surface area (TPSA) is 93.4 Å². The highest BCUT2D eigenvalue weighted by Crippen LogP contribution is 2.34. The molecule has 2 N–H and O–H groups in total. The summed E-state index contributed by atoms with van der Waals surface area (Å²) >= 11 is 8.88. The number of imide groups is 1. The van der Waals surface area contributed by atoms with Gasteiger partial charge >= 0.3 is 0 Å². The van der Waals surface area contributed by atoms with Crippen molar-refractivity contribution in [3.05, 3.63) is 38.7 Å². The Hall–Kier alpha value is -1.95. The highest BCUT2D eigenvalue weighted by molar-refractivity contribution is 9.10. The summed E-state index contributed by atoms with van der Waals surface area (Å²) in [5, 5.41) is 20.4. The molecule has 0 unspecified atom stereocenters. The molecule has 0 fully saturated rings. The molecular formula is C13H8BrClFN3O3. The van der Waals surface area contributed by atoms with Gasteiger partial charge < -0.3 is 10.4 Å². The van der Waals surface area contributed by atoms with Gasteiger partial charge in [-0.05, 0) is 22.0 Å². The van der Waals surface area contributed by atoms with Crippen LogP contribution in [0.5, 0.6) is 0 Å². The highest BCUT2D eigenvalue weighted by Gasteiger charge is 2.31. The Balaban J connectivity index is 2.39. The monoisotopic (exact) mass is 387 g/mol. The average Bonchev–Trinajstić information content (AvgIpc) is 2.73. The molecule has 0 saturated heterocycles. The number of nitriles is 1. The number of anilines is 1. The molecule has 0 atom stereocenters. The van der Waals surface area contributed by atoms with Crippen molar-refractivity contribution in [1.29, 1.82) is 5.26 Å². The zero-order valence-electron chi connectivity index (χ0n) is 10.9. The third kappa shape index (κ3) is 2.83.